The van der Waals surface area contributed by atoms with Gasteiger partial charge >= 0.3 is 6.18 Å². The van der Waals surface area contributed by atoms with Gasteiger partial charge in [-0.15, -0.1) is 0 Å². The first-order valence-corrected chi connectivity index (χ1v) is 7.80. The Hall–Kier alpha value is -2.00. The van der Waals surface area contributed by atoms with Crippen molar-refractivity contribution in [3.63, 3.8) is 0 Å². The lowest BCUT2D eigenvalue weighted by molar-refractivity contribution is -0.137. The molecule has 0 bridgehead atoms. The van der Waals surface area contributed by atoms with Crippen LogP contribution in [0.15, 0.2) is 47.4 Å². The van der Waals surface area contributed by atoms with Crippen molar-refractivity contribution in [3.05, 3.63) is 48.0 Å². The standard InChI is InChI=1S/C14H11BF3NO3S/c1-19-23(20,21)11-6-7-13(12(15)8-11)22-10-4-2-9(3-5-10)14(16,17)18/h2-8,19H,1H3. The molecule has 23 heavy (non-hydrogen) atoms. The van der Waals surface area contributed by atoms with Gasteiger partial charge in [-0.2, -0.15) is 13.2 Å². The number of sulfonamides is 1. The van der Waals surface area contributed by atoms with Crippen LogP contribution >= 0.6 is 0 Å². The van der Waals surface area contributed by atoms with E-state index in [4.69, 9.17) is 12.6 Å². The number of hydrogen-bond acceptors (Lipinski definition) is 3. The molecule has 120 valence electrons. The molecule has 9 heteroatoms. The summed E-state index contributed by atoms with van der Waals surface area (Å²) in [6.45, 7) is 0. The maximum atomic E-state index is 12.5. The molecule has 1 N–H and O–H groups in total. The van der Waals surface area contributed by atoms with Crippen LogP contribution in [0.25, 0.3) is 0 Å². The van der Waals surface area contributed by atoms with Gasteiger partial charge in [0.15, 0.2) is 0 Å². The second-order valence-electron chi connectivity index (χ2n) is 4.53. The van der Waals surface area contributed by atoms with Crippen molar-refractivity contribution in [2.75, 3.05) is 7.05 Å². The minimum absolute atomic E-state index is 0.0428. The Labute approximate surface area is 132 Å². The van der Waals surface area contributed by atoms with E-state index in [1.54, 1.807) is 0 Å². The molecule has 2 aromatic carbocycles. The largest absolute Gasteiger partial charge is 0.458 e. The van der Waals surface area contributed by atoms with Crippen LogP contribution in [0.1, 0.15) is 5.56 Å². The molecule has 0 atom stereocenters. The van der Waals surface area contributed by atoms with Crippen molar-refractivity contribution in [2.24, 2.45) is 0 Å². The van der Waals surface area contributed by atoms with Gasteiger partial charge in [-0.05, 0) is 49.5 Å². The zero-order chi connectivity index (χ0) is 17.3. The Kier molecular flexibility index (Phi) is 4.72. The van der Waals surface area contributed by atoms with E-state index in [1.807, 2.05) is 0 Å². The number of hydrogen-bond donors (Lipinski definition) is 1. The molecule has 0 amide bonds. The fraction of sp³-hybridized carbons (Fsp3) is 0.143. The van der Waals surface area contributed by atoms with E-state index in [9.17, 15) is 21.6 Å². The topological polar surface area (TPSA) is 55.4 Å². The first-order valence-electron chi connectivity index (χ1n) is 6.31. The zero-order valence-corrected chi connectivity index (χ0v) is 12.7. The highest BCUT2D eigenvalue weighted by Crippen LogP contribution is 2.31. The molecule has 0 aliphatic rings. The van der Waals surface area contributed by atoms with Crippen molar-refractivity contribution in [3.8, 4) is 11.5 Å². The monoisotopic (exact) mass is 341 g/mol. The summed E-state index contributed by atoms with van der Waals surface area (Å²) in [7, 11) is 3.34. The van der Waals surface area contributed by atoms with Gasteiger partial charge in [0.1, 0.15) is 19.3 Å². The van der Waals surface area contributed by atoms with Crippen LogP contribution in [0.2, 0.25) is 0 Å². The predicted octanol–water partition coefficient (Wildman–Crippen LogP) is 2.20. The summed E-state index contributed by atoms with van der Waals surface area (Å²) < 4.78 is 68.2. The fourth-order valence-electron chi connectivity index (χ4n) is 1.74. The van der Waals surface area contributed by atoms with Gasteiger partial charge in [0, 0.05) is 0 Å². The summed E-state index contributed by atoms with van der Waals surface area (Å²) >= 11 is 0. The Morgan fingerprint density at radius 1 is 1.09 bits per heavy atom. The van der Waals surface area contributed by atoms with Crippen LogP contribution < -0.4 is 14.9 Å². The summed E-state index contributed by atoms with van der Waals surface area (Å²) in [6.07, 6.45) is -4.43. The van der Waals surface area contributed by atoms with Gasteiger partial charge in [-0.3, -0.25) is 0 Å². The lowest BCUT2D eigenvalue weighted by Gasteiger charge is -2.12. The number of halogens is 3. The molecule has 0 aliphatic carbocycles. The summed E-state index contributed by atoms with van der Waals surface area (Å²) in [5.74, 6) is 0.286. The number of ether oxygens (including phenoxy) is 1. The van der Waals surface area contributed by atoms with Gasteiger partial charge in [-0.25, -0.2) is 13.1 Å². The number of benzene rings is 2. The average molecular weight is 341 g/mol. The summed E-state index contributed by atoms with van der Waals surface area (Å²) in [5, 5.41) is 0. The minimum Gasteiger partial charge on any atom is -0.458 e. The quantitative estimate of drug-likeness (QED) is 0.868. The van der Waals surface area contributed by atoms with Crippen LogP contribution in [-0.2, 0) is 16.2 Å². The third-order valence-electron chi connectivity index (χ3n) is 2.97. The van der Waals surface area contributed by atoms with E-state index in [1.165, 1.54) is 25.2 Å². The summed E-state index contributed by atoms with van der Waals surface area (Å²) in [6, 6.07) is 7.88. The zero-order valence-electron chi connectivity index (χ0n) is 11.9. The average Bonchev–Trinajstić information content (AvgIpc) is 2.49. The van der Waals surface area contributed by atoms with Gasteiger partial charge < -0.3 is 4.74 Å². The van der Waals surface area contributed by atoms with Gasteiger partial charge in [-0.1, -0.05) is 5.46 Å². The van der Waals surface area contributed by atoms with Crippen molar-refractivity contribution in [1.82, 2.24) is 4.72 Å². The van der Waals surface area contributed by atoms with E-state index >= 15 is 0 Å². The summed E-state index contributed by atoms with van der Waals surface area (Å²) in [4.78, 5) is -0.0442. The number of alkyl halides is 3. The van der Waals surface area contributed by atoms with Crippen LogP contribution in [0.3, 0.4) is 0 Å². The van der Waals surface area contributed by atoms with Crippen molar-refractivity contribution in [1.29, 1.82) is 0 Å². The van der Waals surface area contributed by atoms with E-state index in [-0.39, 0.29) is 21.9 Å². The highest BCUT2D eigenvalue weighted by Gasteiger charge is 2.30. The molecule has 4 nitrogen and oxygen atoms in total. The minimum atomic E-state index is -4.43. The smallest absolute Gasteiger partial charge is 0.416 e. The Balaban J connectivity index is 2.24. The van der Waals surface area contributed by atoms with Gasteiger partial charge in [0.2, 0.25) is 10.0 Å². The molecule has 0 unspecified atom stereocenters. The van der Waals surface area contributed by atoms with E-state index in [0.717, 1.165) is 24.3 Å². The Bertz CT molecular complexity index is 805. The van der Waals surface area contributed by atoms with Gasteiger partial charge in [0.25, 0.3) is 0 Å². The highest BCUT2D eigenvalue weighted by atomic mass is 32.2. The SMILES string of the molecule is [B]c1cc(S(=O)(=O)NC)ccc1Oc1ccc(C(F)(F)F)cc1. The highest BCUT2D eigenvalue weighted by molar-refractivity contribution is 7.89. The maximum Gasteiger partial charge on any atom is 0.416 e. The third-order valence-corrected chi connectivity index (χ3v) is 4.38. The molecular formula is C14H11BF3NO3S. The van der Waals surface area contributed by atoms with E-state index in [0.29, 0.717) is 0 Å². The fourth-order valence-corrected chi connectivity index (χ4v) is 2.51. The van der Waals surface area contributed by atoms with Crippen LogP contribution in [0.4, 0.5) is 13.2 Å². The number of nitrogens with one attached hydrogen (secondary N) is 1. The lowest BCUT2D eigenvalue weighted by atomic mass is 9.95. The van der Waals surface area contributed by atoms with Crippen LogP contribution in [-0.4, -0.2) is 23.3 Å². The molecule has 0 spiro atoms. The molecule has 2 radical (unpaired) electrons. The maximum absolute atomic E-state index is 12.5. The molecular weight excluding hydrogens is 330 g/mol. The first kappa shape index (κ1) is 17.4. The van der Waals surface area contributed by atoms with Crippen molar-refractivity contribution >= 4 is 23.3 Å². The van der Waals surface area contributed by atoms with E-state index < -0.39 is 21.8 Å². The van der Waals surface area contributed by atoms with Crippen molar-refractivity contribution < 1.29 is 26.3 Å². The summed E-state index contributed by atoms with van der Waals surface area (Å²) in [5.41, 5.74) is -0.755. The lowest BCUT2D eigenvalue weighted by Crippen LogP contribution is -2.20. The molecule has 2 rings (SSSR count). The molecule has 0 aliphatic heterocycles. The molecule has 0 heterocycles. The molecule has 0 aromatic heterocycles. The van der Waals surface area contributed by atoms with Gasteiger partial charge in [0.05, 0.1) is 10.5 Å². The first-order chi connectivity index (χ1) is 10.6. The van der Waals surface area contributed by atoms with Crippen molar-refractivity contribution in [2.45, 2.75) is 11.1 Å². The Morgan fingerprint density at radius 2 is 1.70 bits per heavy atom. The van der Waals surface area contributed by atoms with Crippen LogP contribution in [0.5, 0.6) is 11.5 Å². The van der Waals surface area contributed by atoms with Crippen LogP contribution in [0, 0.1) is 0 Å². The second-order valence-corrected chi connectivity index (χ2v) is 6.42. The Morgan fingerprint density at radius 3 is 2.17 bits per heavy atom. The molecule has 0 saturated carbocycles. The third kappa shape index (κ3) is 4.05. The normalized spacial score (nSPS) is 12.2. The molecule has 0 fully saturated rings. The molecule has 0 saturated heterocycles. The molecule has 2 aromatic rings. The number of rotatable bonds is 4. The predicted molar refractivity (Wildman–Crippen MR) is 79.6 cm³/mol. The van der Waals surface area contributed by atoms with E-state index in [2.05, 4.69) is 4.72 Å². The second kappa shape index (κ2) is 6.25.